The molecule has 2 atom stereocenters. The molecule has 1 aliphatic rings. The quantitative estimate of drug-likeness (QED) is 0.567. The summed E-state index contributed by atoms with van der Waals surface area (Å²) in [6.45, 7) is 1.96. The van der Waals surface area contributed by atoms with Gasteiger partial charge in [0.15, 0.2) is 0 Å². The van der Waals surface area contributed by atoms with E-state index in [1.165, 1.54) is 0 Å². The lowest BCUT2D eigenvalue weighted by Crippen LogP contribution is -2.41. The minimum atomic E-state index is -0.603. The lowest BCUT2D eigenvalue weighted by molar-refractivity contribution is 0.0309. The molecule has 0 spiro atoms. The van der Waals surface area contributed by atoms with Gasteiger partial charge in [0.25, 0.3) is 0 Å². The number of halogens is 2. The molecule has 1 aromatic carbocycles. The molecule has 0 aliphatic carbocycles. The van der Waals surface area contributed by atoms with Gasteiger partial charge in [0.2, 0.25) is 0 Å². The summed E-state index contributed by atoms with van der Waals surface area (Å²) in [5.41, 5.74) is 1.62. The number of anilines is 2. The van der Waals surface area contributed by atoms with Gasteiger partial charge in [-0.05, 0) is 30.7 Å². The zero-order valence-electron chi connectivity index (χ0n) is 15.4. The Labute approximate surface area is 173 Å². The summed E-state index contributed by atoms with van der Waals surface area (Å²) in [7, 11) is 2.04. The fraction of sp³-hybridized carbons (Fsp3) is 0.368. The first-order valence-corrected chi connectivity index (χ1v) is 9.90. The largest absolute Gasteiger partial charge is 0.381 e. The predicted molar refractivity (Wildman–Crippen MR) is 113 cm³/mol. The zero-order chi connectivity index (χ0) is 19.7. The number of aromatic amines is 1. The molecule has 148 valence electrons. The van der Waals surface area contributed by atoms with E-state index >= 15 is 0 Å². The van der Waals surface area contributed by atoms with E-state index in [0.717, 1.165) is 42.0 Å². The number of aromatic nitrogens is 3. The maximum atomic E-state index is 10.6. The van der Waals surface area contributed by atoms with Gasteiger partial charge in [0.05, 0.1) is 11.9 Å². The SMILES string of the molecule is CN(c1ncnc2[nH]ccc12)[C@@H]1CCN(C(O)CNc2cc(Cl)cc(Cl)c2)C1. The van der Waals surface area contributed by atoms with Crippen LogP contribution in [0.5, 0.6) is 0 Å². The second kappa shape index (κ2) is 8.13. The van der Waals surface area contributed by atoms with Crippen molar-refractivity contribution in [1.29, 1.82) is 0 Å². The standard InChI is InChI=1S/C19H22Cl2N6O/c1-26(19-16-2-4-22-18(16)24-11-25-19)15-3-5-27(10-15)17(28)9-23-14-7-12(20)6-13(21)8-14/h2,4,6-8,11,15,17,23,28H,3,5,9-10H2,1H3,(H,22,24,25)/t15-,17?/m1/s1. The van der Waals surface area contributed by atoms with E-state index in [0.29, 0.717) is 16.6 Å². The average molecular weight is 421 g/mol. The van der Waals surface area contributed by atoms with Gasteiger partial charge in [0, 0.05) is 48.1 Å². The lowest BCUT2D eigenvalue weighted by atomic mass is 10.2. The Kier molecular flexibility index (Phi) is 5.59. The Morgan fingerprint density at radius 3 is 2.89 bits per heavy atom. The van der Waals surface area contributed by atoms with E-state index in [2.05, 4.69) is 30.1 Å². The molecular weight excluding hydrogens is 399 g/mol. The number of H-pyrrole nitrogens is 1. The summed E-state index contributed by atoms with van der Waals surface area (Å²) < 4.78 is 0. The molecule has 1 fully saturated rings. The highest BCUT2D eigenvalue weighted by molar-refractivity contribution is 6.35. The molecule has 3 heterocycles. The van der Waals surface area contributed by atoms with Crippen molar-refractivity contribution in [1.82, 2.24) is 19.9 Å². The van der Waals surface area contributed by atoms with E-state index in [-0.39, 0.29) is 6.04 Å². The Morgan fingerprint density at radius 1 is 1.32 bits per heavy atom. The smallest absolute Gasteiger partial charge is 0.142 e. The molecule has 1 unspecified atom stereocenters. The van der Waals surface area contributed by atoms with E-state index in [9.17, 15) is 5.11 Å². The molecule has 0 saturated carbocycles. The molecule has 2 aromatic heterocycles. The highest BCUT2D eigenvalue weighted by Crippen LogP contribution is 2.27. The first-order chi connectivity index (χ1) is 13.5. The van der Waals surface area contributed by atoms with Gasteiger partial charge in [-0.25, -0.2) is 9.97 Å². The number of likely N-dealkylation sites (N-methyl/N-ethyl adjacent to an activating group) is 1. The Balaban J connectivity index is 1.37. The summed E-state index contributed by atoms with van der Waals surface area (Å²) in [6.07, 6.45) is 3.79. The van der Waals surface area contributed by atoms with Crippen LogP contribution in [0.15, 0.2) is 36.8 Å². The minimum Gasteiger partial charge on any atom is -0.381 e. The van der Waals surface area contributed by atoms with Gasteiger partial charge in [-0.1, -0.05) is 23.2 Å². The van der Waals surface area contributed by atoms with Gasteiger partial charge in [-0.3, -0.25) is 4.90 Å². The van der Waals surface area contributed by atoms with Crippen LogP contribution in [0.3, 0.4) is 0 Å². The number of benzene rings is 1. The molecule has 9 heteroatoms. The van der Waals surface area contributed by atoms with Gasteiger partial charge in [-0.2, -0.15) is 0 Å². The number of nitrogens with one attached hydrogen (secondary N) is 2. The summed E-state index contributed by atoms with van der Waals surface area (Å²) in [5.74, 6) is 0.902. The van der Waals surface area contributed by atoms with E-state index in [1.807, 2.05) is 19.3 Å². The number of aliphatic hydroxyl groups excluding tert-OH is 1. The predicted octanol–water partition coefficient (Wildman–Crippen LogP) is 3.21. The number of hydrogen-bond acceptors (Lipinski definition) is 6. The molecule has 0 radical (unpaired) electrons. The molecule has 1 aliphatic heterocycles. The summed E-state index contributed by atoms with van der Waals surface area (Å²) in [4.78, 5) is 16.1. The Hall–Kier alpha value is -2.06. The first-order valence-electron chi connectivity index (χ1n) is 9.14. The molecule has 28 heavy (non-hydrogen) atoms. The van der Waals surface area contributed by atoms with Gasteiger partial charge < -0.3 is 20.3 Å². The molecule has 1 saturated heterocycles. The Bertz CT molecular complexity index is 944. The molecule has 3 aromatic rings. The summed E-state index contributed by atoms with van der Waals surface area (Å²) >= 11 is 12.0. The molecule has 3 N–H and O–H groups in total. The lowest BCUT2D eigenvalue weighted by Gasteiger charge is -2.28. The molecule has 7 nitrogen and oxygen atoms in total. The summed E-state index contributed by atoms with van der Waals surface area (Å²) in [6, 6.07) is 7.52. The van der Waals surface area contributed by atoms with Gasteiger partial charge >= 0.3 is 0 Å². The maximum absolute atomic E-state index is 10.6. The Morgan fingerprint density at radius 2 is 2.11 bits per heavy atom. The van der Waals surface area contributed by atoms with E-state index in [4.69, 9.17) is 23.2 Å². The van der Waals surface area contributed by atoms with E-state index in [1.54, 1.807) is 24.5 Å². The second-order valence-corrected chi connectivity index (χ2v) is 7.88. The molecule has 4 rings (SSSR count). The van der Waals surface area contributed by atoms with Crippen LogP contribution in [-0.4, -0.2) is 63.9 Å². The third kappa shape index (κ3) is 4.03. The fourth-order valence-corrected chi connectivity index (χ4v) is 4.19. The van der Waals surface area contributed by atoms with Crippen molar-refractivity contribution >= 4 is 45.7 Å². The van der Waals surface area contributed by atoms with Crippen LogP contribution in [0, 0.1) is 0 Å². The highest BCUT2D eigenvalue weighted by Gasteiger charge is 2.30. The minimum absolute atomic E-state index is 0.267. The molecular formula is C19H22Cl2N6O. The van der Waals surface area contributed by atoms with Crippen LogP contribution in [0.4, 0.5) is 11.5 Å². The highest BCUT2D eigenvalue weighted by atomic mass is 35.5. The van der Waals surface area contributed by atoms with Crippen LogP contribution in [0.25, 0.3) is 11.0 Å². The molecule has 0 amide bonds. The van der Waals surface area contributed by atoms with Gasteiger partial charge in [0.1, 0.15) is 24.0 Å². The normalized spacial score (nSPS) is 18.5. The van der Waals surface area contributed by atoms with Crippen molar-refractivity contribution in [3.8, 4) is 0 Å². The first kappa shape index (κ1) is 19.3. The van der Waals surface area contributed by atoms with E-state index < -0.39 is 6.23 Å². The second-order valence-electron chi connectivity index (χ2n) is 7.01. The van der Waals surface area contributed by atoms with Crippen LogP contribution in [-0.2, 0) is 0 Å². The zero-order valence-corrected chi connectivity index (χ0v) is 17.0. The van der Waals surface area contributed by atoms with Crippen molar-refractivity contribution in [2.75, 3.05) is 36.9 Å². The van der Waals surface area contributed by atoms with Crippen molar-refractivity contribution in [2.45, 2.75) is 18.7 Å². The monoisotopic (exact) mass is 420 g/mol. The van der Waals surface area contributed by atoms with Crippen molar-refractivity contribution in [3.63, 3.8) is 0 Å². The topological polar surface area (TPSA) is 80.3 Å². The van der Waals surface area contributed by atoms with Gasteiger partial charge in [-0.15, -0.1) is 0 Å². The fourth-order valence-electron chi connectivity index (χ4n) is 3.66. The van der Waals surface area contributed by atoms with Crippen LogP contribution < -0.4 is 10.2 Å². The number of likely N-dealkylation sites (tertiary alicyclic amines) is 1. The number of hydrogen-bond donors (Lipinski definition) is 3. The third-order valence-electron chi connectivity index (χ3n) is 5.18. The maximum Gasteiger partial charge on any atom is 0.142 e. The summed E-state index contributed by atoms with van der Waals surface area (Å²) in [5, 5.41) is 15.9. The number of rotatable bonds is 6. The van der Waals surface area contributed by atoms with Crippen LogP contribution in [0.2, 0.25) is 10.0 Å². The van der Waals surface area contributed by atoms with Crippen LogP contribution >= 0.6 is 23.2 Å². The van der Waals surface area contributed by atoms with Crippen molar-refractivity contribution in [3.05, 3.63) is 46.8 Å². The third-order valence-corrected chi connectivity index (χ3v) is 5.62. The van der Waals surface area contributed by atoms with Crippen molar-refractivity contribution in [2.24, 2.45) is 0 Å². The number of fused-ring (bicyclic) bond motifs is 1. The number of aliphatic hydroxyl groups is 1. The van der Waals surface area contributed by atoms with Crippen molar-refractivity contribution < 1.29 is 5.11 Å². The van der Waals surface area contributed by atoms with Crippen LogP contribution in [0.1, 0.15) is 6.42 Å². The average Bonchev–Trinajstić information content (AvgIpc) is 3.34. The molecule has 0 bridgehead atoms. The number of nitrogens with zero attached hydrogens (tertiary/aromatic N) is 4.